The van der Waals surface area contributed by atoms with Crippen molar-refractivity contribution in [1.29, 1.82) is 0 Å². The highest BCUT2D eigenvalue weighted by atomic mass is 16.3. The van der Waals surface area contributed by atoms with Crippen LogP contribution in [0.2, 0.25) is 0 Å². The number of hydrogen-bond acceptors (Lipinski definition) is 4. The first-order chi connectivity index (χ1) is 18.0. The van der Waals surface area contributed by atoms with Crippen LogP contribution in [-0.4, -0.2) is 19.2 Å². The topological polar surface area (TPSA) is 77.1 Å². The summed E-state index contributed by atoms with van der Waals surface area (Å²) in [5.74, 6) is 0. The highest BCUT2D eigenvalue weighted by Gasteiger charge is 2.34. The molecule has 0 bridgehead atoms. The van der Waals surface area contributed by atoms with Crippen LogP contribution in [0.25, 0.3) is 33.4 Å². The highest BCUT2D eigenvalue weighted by molar-refractivity contribution is 5.99. The lowest BCUT2D eigenvalue weighted by molar-refractivity contribution is 0.225. The minimum Gasteiger partial charge on any atom is -0.384 e. The molecule has 0 saturated carbocycles. The molecule has 1 atom stereocenters. The van der Waals surface area contributed by atoms with Gasteiger partial charge in [-0.3, -0.25) is 13.9 Å². The summed E-state index contributed by atoms with van der Waals surface area (Å²) in [6, 6.07) is 26.2. The van der Waals surface area contributed by atoms with Gasteiger partial charge < -0.3 is 5.11 Å². The summed E-state index contributed by atoms with van der Waals surface area (Å²) in [5, 5.41) is 11.7. The van der Waals surface area contributed by atoms with E-state index in [1.807, 2.05) is 42.5 Å². The zero-order chi connectivity index (χ0) is 25.7. The normalized spacial score (nSPS) is 14.1. The minimum atomic E-state index is -0.911. The van der Waals surface area contributed by atoms with Gasteiger partial charge in [0.15, 0.2) is 5.65 Å². The Morgan fingerprint density at radius 1 is 0.811 bits per heavy atom. The molecule has 6 rings (SSSR count). The summed E-state index contributed by atoms with van der Waals surface area (Å²) in [6.07, 6.45) is 2.08. The van der Waals surface area contributed by atoms with Crippen LogP contribution in [0.1, 0.15) is 34.8 Å². The van der Waals surface area contributed by atoms with Gasteiger partial charge in [0.1, 0.15) is 6.10 Å². The van der Waals surface area contributed by atoms with E-state index in [4.69, 9.17) is 4.98 Å². The van der Waals surface area contributed by atoms with Crippen LogP contribution in [0.4, 0.5) is 0 Å². The van der Waals surface area contributed by atoms with Gasteiger partial charge in [-0.25, -0.2) is 9.78 Å². The standard InChI is InChI=1S/C31H27N3O3/c1-33-29-26(30(36)34(2)31(33)37)24(25-27(32-29)22-13-6-7-14-23(22)28(25)35)21-17-15-20(16-18-21)12-8-11-19-9-4-3-5-10-19/h3-7,9-10,13-18,28,35H,8,11-12H2,1-2H3/t28-/m0/s1. The molecular formula is C31H27N3O3. The average molecular weight is 490 g/mol. The SMILES string of the molecule is Cn1c(=O)c2c(-c3ccc(CCCc4ccccc4)cc3)c3c(nc2n(C)c1=O)-c1ccccc1[C@@H]3O. The fraction of sp³-hybridized carbons (Fsp3) is 0.194. The van der Waals surface area contributed by atoms with Crippen LogP contribution in [0.3, 0.4) is 0 Å². The molecule has 6 heteroatoms. The maximum atomic E-state index is 13.4. The first kappa shape index (κ1) is 23.1. The molecule has 0 radical (unpaired) electrons. The van der Waals surface area contributed by atoms with Gasteiger partial charge in [-0.2, -0.15) is 0 Å². The third-order valence-electron chi connectivity index (χ3n) is 7.43. The van der Waals surface area contributed by atoms with E-state index < -0.39 is 17.4 Å². The number of fused-ring (bicyclic) bond motifs is 4. The summed E-state index contributed by atoms with van der Waals surface area (Å²) in [4.78, 5) is 31.0. The lowest BCUT2D eigenvalue weighted by Crippen LogP contribution is -2.37. The summed E-state index contributed by atoms with van der Waals surface area (Å²) < 4.78 is 2.51. The van der Waals surface area contributed by atoms with Crippen molar-refractivity contribution in [1.82, 2.24) is 14.1 Å². The van der Waals surface area contributed by atoms with E-state index >= 15 is 0 Å². The number of aliphatic hydroxyl groups is 1. The maximum absolute atomic E-state index is 13.4. The molecule has 37 heavy (non-hydrogen) atoms. The lowest BCUT2D eigenvalue weighted by Gasteiger charge is -2.17. The molecule has 5 aromatic rings. The fourth-order valence-corrected chi connectivity index (χ4v) is 5.46. The van der Waals surface area contributed by atoms with Gasteiger partial charge in [0.05, 0.1) is 11.1 Å². The quantitative estimate of drug-likeness (QED) is 0.393. The van der Waals surface area contributed by atoms with Crippen molar-refractivity contribution in [3.8, 4) is 22.4 Å². The molecule has 0 aliphatic heterocycles. The van der Waals surface area contributed by atoms with Crippen LogP contribution in [-0.2, 0) is 26.9 Å². The number of aromatic nitrogens is 3. The van der Waals surface area contributed by atoms with Gasteiger partial charge >= 0.3 is 5.69 Å². The first-order valence-electron chi connectivity index (χ1n) is 12.5. The van der Waals surface area contributed by atoms with E-state index in [2.05, 4.69) is 36.4 Å². The maximum Gasteiger partial charge on any atom is 0.332 e. The van der Waals surface area contributed by atoms with Crippen LogP contribution in [0.5, 0.6) is 0 Å². The molecule has 1 aliphatic carbocycles. The van der Waals surface area contributed by atoms with Crippen molar-refractivity contribution in [2.45, 2.75) is 25.4 Å². The second-order valence-corrected chi connectivity index (χ2v) is 9.68. The zero-order valence-electron chi connectivity index (χ0n) is 20.8. The van der Waals surface area contributed by atoms with Crippen molar-refractivity contribution in [2.75, 3.05) is 0 Å². The smallest absolute Gasteiger partial charge is 0.332 e. The summed E-state index contributed by atoms with van der Waals surface area (Å²) in [7, 11) is 3.10. The molecule has 0 saturated heterocycles. The van der Waals surface area contributed by atoms with Crippen LogP contribution >= 0.6 is 0 Å². The molecule has 0 spiro atoms. The molecule has 3 aromatic carbocycles. The van der Waals surface area contributed by atoms with E-state index in [9.17, 15) is 14.7 Å². The van der Waals surface area contributed by atoms with Crippen LogP contribution in [0, 0.1) is 0 Å². The molecule has 2 heterocycles. The second-order valence-electron chi connectivity index (χ2n) is 9.68. The second kappa shape index (κ2) is 8.98. The number of nitrogens with zero attached hydrogens (tertiary/aromatic N) is 3. The molecule has 0 amide bonds. The van der Waals surface area contributed by atoms with Gasteiger partial charge in [0, 0.05) is 30.8 Å². The van der Waals surface area contributed by atoms with Gasteiger partial charge in [-0.1, -0.05) is 78.9 Å². The van der Waals surface area contributed by atoms with Gasteiger partial charge in [0.25, 0.3) is 5.56 Å². The fourth-order valence-electron chi connectivity index (χ4n) is 5.46. The van der Waals surface area contributed by atoms with E-state index in [1.165, 1.54) is 22.7 Å². The predicted molar refractivity (Wildman–Crippen MR) is 146 cm³/mol. The molecule has 1 N–H and O–H groups in total. The highest BCUT2D eigenvalue weighted by Crippen LogP contribution is 2.48. The Hall–Kier alpha value is -4.29. The van der Waals surface area contributed by atoms with E-state index in [1.54, 1.807) is 7.05 Å². The van der Waals surface area contributed by atoms with E-state index in [0.717, 1.165) is 40.5 Å². The number of aryl methyl sites for hydroxylation is 3. The molecule has 0 fully saturated rings. The number of rotatable bonds is 5. The Morgan fingerprint density at radius 3 is 2.19 bits per heavy atom. The van der Waals surface area contributed by atoms with Crippen molar-refractivity contribution in [2.24, 2.45) is 14.1 Å². The Bertz CT molecular complexity index is 1770. The van der Waals surface area contributed by atoms with Crippen LogP contribution < -0.4 is 11.2 Å². The molecule has 2 aromatic heterocycles. The minimum absolute atomic E-state index is 0.317. The van der Waals surface area contributed by atoms with E-state index in [-0.39, 0.29) is 0 Å². The van der Waals surface area contributed by atoms with Crippen molar-refractivity contribution in [3.05, 3.63) is 122 Å². The van der Waals surface area contributed by atoms with Crippen LogP contribution in [0.15, 0.2) is 88.5 Å². The Kier molecular flexibility index (Phi) is 5.61. The number of hydrogen-bond donors (Lipinski definition) is 1. The monoisotopic (exact) mass is 489 g/mol. The molecular weight excluding hydrogens is 462 g/mol. The summed E-state index contributed by atoms with van der Waals surface area (Å²) in [6.45, 7) is 0. The lowest BCUT2D eigenvalue weighted by atomic mass is 9.93. The molecule has 6 nitrogen and oxygen atoms in total. The van der Waals surface area contributed by atoms with E-state index in [0.29, 0.717) is 27.9 Å². The number of benzene rings is 3. The molecule has 0 unspecified atom stereocenters. The van der Waals surface area contributed by atoms with Gasteiger partial charge in [-0.15, -0.1) is 0 Å². The number of aliphatic hydroxyl groups excluding tert-OH is 1. The van der Waals surface area contributed by atoms with Crippen molar-refractivity contribution >= 4 is 11.0 Å². The summed E-state index contributed by atoms with van der Waals surface area (Å²) >= 11 is 0. The first-order valence-corrected chi connectivity index (χ1v) is 12.5. The molecule has 1 aliphatic rings. The molecule has 184 valence electrons. The third kappa shape index (κ3) is 3.72. The zero-order valence-corrected chi connectivity index (χ0v) is 20.8. The summed E-state index contributed by atoms with van der Waals surface area (Å²) in [5.41, 5.74) is 6.25. The Balaban J connectivity index is 1.49. The Morgan fingerprint density at radius 2 is 1.46 bits per heavy atom. The van der Waals surface area contributed by atoms with Crippen molar-refractivity contribution in [3.63, 3.8) is 0 Å². The average Bonchev–Trinajstić information content (AvgIpc) is 3.22. The van der Waals surface area contributed by atoms with Gasteiger partial charge in [-0.05, 0) is 41.5 Å². The number of pyridine rings is 1. The Labute approximate surface area is 214 Å². The van der Waals surface area contributed by atoms with Crippen molar-refractivity contribution < 1.29 is 5.11 Å². The predicted octanol–water partition coefficient (Wildman–Crippen LogP) is 4.54. The third-order valence-corrected chi connectivity index (χ3v) is 7.43. The largest absolute Gasteiger partial charge is 0.384 e. The van der Waals surface area contributed by atoms with Gasteiger partial charge in [0.2, 0.25) is 0 Å².